The van der Waals surface area contributed by atoms with Crippen LogP contribution in [-0.4, -0.2) is 44.9 Å². The second-order valence-electron chi connectivity index (χ2n) is 7.83. The lowest BCUT2D eigenvalue weighted by Gasteiger charge is -2.31. The van der Waals surface area contributed by atoms with Crippen LogP contribution in [0.5, 0.6) is 5.75 Å². The third-order valence-corrected chi connectivity index (χ3v) is 7.37. The van der Waals surface area contributed by atoms with Crippen LogP contribution in [0, 0.1) is 19.8 Å². The molecule has 0 aliphatic carbocycles. The quantitative estimate of drug-likeness (QED) is 0.697. The lowest BCUT2D eigenvalue weighted by molar-refractivity contribution is -0.121. The van der Waals surface area contributed by atoms with Crippen LogP contribution in [0.3, 0.4) is 0 Å². The normalized spacial score (nSPS) is 15.7. The summed E-state index contributed by atoms with van der Waals surface area (Å²) in [5.74, 6) is 1.05. The molecule has 1 aliphatic heterocycles. The molecule has 0 bridgehead atoms. The van der Waals surface area contributed by atoms with E-state index in [0.717, 1.165) is 24.2 Å². The molecule has 1 heterocycles. The third kappa shape index (κ3) is 5.83. The smallest absolute Gasteiger partial charge is 0.243 e. The number of nitrogens with one attached hydrogen (secondary N) is 1. The lowest BCUT2D eigenvalue weighted by atomic mass is 9.98. The van der Waals surface area contributed by atoms with Crippen LogP contribution in [0.1, 0.15) is 30.4 Å². The van der Waals surface area contributed by atoms with Crippen molar-refractivity contribution >= 4 is 15.9 Å². The maximum absolute atomic E-state index is 12.7. The van der Waals surface area contributed by atoms with Gasteiger partial charge < -0.3 is 10.1 Å². The number of amides is 1. The fraction of sp³-hybridized carbons (Fsp3) is 0.435. The van der Waals surface area contributed by atoms with Gasteiger partial charge in [0.1, 0.15) is 5.75 Å². The van der Waals surface area contributed by atoms with Gasteiger partial charge in [-0.3, -0.25) is 4.79 Å². The molecule has 1 amide bonds. The molecule has 7 heteroatoms. The molecule has 1 N–H and O–H groups in total. The van der Waals surface area contributed by atoms with Crippen molar-refractivity contribution in [3.8, 4) is 5.75 Å². The number of sulfonamides is 1. The molecule has 2 aromatic rings. The van der Waals surface area contributed by atoms with Crippen molar-refractivity contribution in [2.75, 3.05) is 26.2 Å². The van der Waals surface area contributed by atoms with Gasteiger partial charge in [0.05, 0.1) is 17.9 Å². The fourth-order valence-corrected chi connectivity index (χ4v) is 5.15. The van der Waals surface area contributed by atoms with E-state index in [2.05, 4.69) is 11.4 Å². The average Bonchev–Trinajstić information content (AvgIpc) is 2.75. The largest absolute Gasteiger partial charge is 0.493 e. The highest BCUT2D eigenvalue weighted by Crippen LogP contribution is 2.23. The Bertz CT molecular complexity index is 952. The van der Waals surface area contributed by atoms with E-state index in [0.29, 0.717) is 37.6 Å². The SMILES string of the molecule is Cc1ccc(OCCC(=O)NCC2CCN(S(=O)(=O)c3ccccc3)CC2)c(C)c1. The van der Waals surface area contributed by atoms with Crippen molar-refractivity contribution in [3.63, 3.8) is 0 Å². The van der Waals surface area contributed by atoms with Gasteiger partial charge in [0, 0.05) is 19.6 Å². The van der Waals surface area contributed by atoms with E-state index in [4.69, 9.17) is 4.74 Å². The molecule has 0 atom stereocenters. The molecular formula is C23H30N2O4S. The fourth-order valence-electron chi connectivity index (χ4n) is 3.66. The lowest BCUT2D eigenvalue weighted by Crippen LogP contribution is -2.41. The summed E-state index contributed by atoms with van der Waals surface area (Å²) in [6, 6.07) is 14.5. The third-order valence-electron chi connectivity index (χ3n) is 5.46. The first-order valence-electron chi connectivity index (χ1n) is 10.4. The minimum atomic E-state index is -3.43. The van der Waals surface area contributed by atoms with E-state index in [1.165, 1.54) is 5.56 Å². The molecule has 2 aromatic carbocycles. The van der Waals surface area contributed by atoms with E-state index in [1.54, 1.807) is 34.6 Å². The Morgan fingerprint density at radius 2 is 1.80 bits per heavy atom. The van der Waals surface area contributed by atoms with Gasteiger partial charge in [-0.25, -0.2) is 8.42 Å². The van der Waals surface area contributed by atoms with Crippen LogP contribution in [0.25, 0.3) is 0 Å². The molecule has 0 radical (unpaired) electrons. The highest BCUT2D eigenvalue weighted by atomic mass is 32.2. The van der Waals surface area contributed by atoms with Crippen molar-refractivity contribution < 1.29 is 17.9 Å². The first kappa shape index (κ1) is 22.3. The van der Waals surface area contributed by atoms with Crippen LogP contribution in [0.15, 0.2) is 53.4 Å². The summed E-state index contributed by atoms with van der Waals surface area (Å²) in [4.78, 5) is 12.5. The Hall–Kier alpha value is -2.38. The minimum absolute atomic E-state index is 0.0425. The van der Waals surface area contributed by atoms with Crippen molar-refractivity contribution in [2.24, 2.45) is 5.92 Å². The van der Waals surface area contributed by atoms with Gasteiger partial charge in [0.2, 0.25) is 15.9 Å². The number of carbonyl (C=O) groups is 1. The molecule has 162 valence electrons. The summed E-state index contributed by atoms with van der Waals surface area (Å²) < 4.78 is 32.6. The number of hydrogen-bond donors (Lipinski definition) is 1. The summed E-state index contributed by atoms with van der Waals surface area (Å²) in [7, 11) is -3.43. The van der Waals surface area contributed by atoms with Crippen LogP contribution in [0.4, 0.5) is 0 Å². The molecule has 0 unspecified atom stereocenters. The number of hydrogen-bond acceptors (Lipinski definition) is 4. The van der Waals surface area contributed by atoms with Gasteiger partial charge in [-0.1, -0.05) is 35.9 Å². The number of rotatable bonds is 8. The molecule has 0 saturated carbocycles. The number of ether oxygens (including phenoxy) is 1. The molecule has 0 aromatic heterocycles. The maximum atomic E-state index is 12.7. The van der Waals surface area contributed by atoms with E-state index in [1.807, 2.05) is 26.0 Å². The summed E-state index contributed by atoms with van der Waals surface area (Å²) >= 11 is 0. The van der Waals surface area contributed by atoms with E-state index < -0.39 is 10.0 Å². The topological polar surface area (TPSA) is 75.7 Å². The monoisotopic (exact) mass is 430 g/mol. The molecule has 1 saturated heterocycles. The minimum Gasteiger partial charge on any atom is -0.493 e. The predicted octanol–water partition coefficient (Wildman–Crippen LogP) is 3.29. The van der Waals surface area contributed by atoms with Gasteiger partial charge >= 0.3 is 0 Å². The number of piperidine rings is 1. The number of benzene rings is 2. The molecule has 1 fully saturated rings. The van der Waals surface area contributed by atoms with Crippen LogP contribution in [-0.2, 0) is 14.8 Å². The van der Waals surface area contributed by atoms with Gasteiger partial charge in [-0.05, 0) is 56.4 Å². The van der Waals surface area contributed by atoms with Gasteiger partial charge in [0.15, 0.2) is 0 Å². The molecule has 0 spiro atoms. The zero-order valence-corrected chi connectivity index (χ0v) is 18.5. The average molecular weight is 431 g/mol. The Morgan fingerprint density at radius 3 is 2.47 bits per heavy atom. The molecular weight excluding hydrogens is 400 g/mol. The standard InChI is InChI=1S/C23H30N2O4S/c1-18-8-9-22(19(2)16-18)29-15-12-23(26)24-17-20-10-13-25(14-11-20)30(27,28)21-6-4-3-5-7-21/h3-9,16,20H,10-15,17H2,1-2H3,(H,24,26). The van der Waals surface area contributed by atoms with Crippen molar-refractivity contribution in [1.82, 2.24) is 9.62 Å². The predicted molar refractivity (Wildman–Crippen MR) is 117 cm³/mol. The molecule has 1 aliphatic rings. The summed E-state index contributed by atoms with van der Waals surface area (Å²) in [6.45, 7) is 5.89. The molecule has 3 rings (SSSR count). The van der Waals surface area contributed by atoms with E-state index in [-0.39, 0.29) is 11.8 Å². The van der Waals surface area contributed by atoms with Crippen LogP contribution < -0.4 is 10.1 Å². The first-order chi connectivity index (χ1) is 14.4. The highest BCUT2D eigenvalue weighted by molar-refractivity contribution is 7.89. The van der Waals surface area contributed by atoms with Crippen LogP contribution >= 0.6 is 0 Å². The zero-order chi connectivity index (χ0) is 21.6. The van der Waals surface area contributed by atoms with Gasteiger partial charge in [0.25, 0.3) is 0 Å². The Balaban J connectivity index is 1.37. The van der Waals surface area contributed by atoms with Crippen LogP contribution in [0.2, 0.25) is 0 Å². The Labute approximate surface area is 179 Å². The number of aryl methyl sites for hydroxylation is 2. The second-order valence-corrected chi connectivity index (χ2v) is 9.77. The summed E-state index contributed by atoms with van der Waals surface area (Å²) in [5.41, 5.74) is 2.24. The Kier molecular flexibility index (Phi) is 7.50. The Morgan fingerprint density at radius 1 is 1.10 bits per heavy atom. The summed E-state index contributed by atoms with van der Waals surface area (Å²) in [5, 5.41) is 2.96. The molecule has 6 nitrogen and oxygen atoms in total. The van der Waals surface area contributed by atoms with Crippen molar-refractivity contribution in [3.05, 3.63) is 59.7 Å². The van der Waals surface area contributed by atoms with Gasteiger partial charge in [-0.15, -0.1) is 0 Å². The van der Waals surface area contributed by atoms with Crippen molar-refractivity contribution in [1.29, 1.82) is 0 Å². The second kappa shape index (κ2) is 10.1. The summed E-state index contributed by atoms with van der Waals surface area (Å²) in [6.07, 6.45) is 1.78. The highest BCUT2D eigenvalue weighted by Gasteiger charge is 2.29. The van der Waals surface area contributed by atoms with E-state index in [9.17, 15) is 13.2 Å². The van der Waals surface area contributed by atoms with Gasteiger partial charge in [-0.2, -0.15) is 4.31 Å². The maximum Gasteiger partial charge on any atom is 0.243 e. The number of nitrogens with zero attached hydrogens (tertiary/aromatic N) is 1. The molecule has 30 heavy (non-hydrogen) atoms. The first-order valence-corrected chi connectivity index (χ1v) is 11.8. The van der Waals surface area contributed by atoms with E-state index >= 15 is 0 Å². The van der Waals surface area contributed by atoms with Crippen molar-refractivity contribution in [2.45, 2.75) is 38.0 Å². The number of carbonyl (C=O) groups excluding carboxylic acids is 1. The zero-order valence-electron chi connectivity index (χ0n) is 17.6.